The maximum Gasteiger partial charge on any atom is 0.0278 e. The Morgan fingerprint density at radius 3 is 1.67 bits per heavy atom. The number of hydrogen-bond donors (Lipinski definition) is 0. The molecule has 0 N–H and O–H groups in total. The highest BCUT2D eigenvalue weighted by molar-refractivity contribution is 7.13. The van der Waals surface area contributed by atoms with Crippen LogP contribution < -0.4 is 0 Å². The second-order valence-corrected chi connectivity index (χ2v) is 8.06. The normalized spacial score (nSPS) is 11.7. The van der Waals surface area contributed by atoms with Crippen LogP contribution in [0.15, 0.2) is 24.3 Å². The summed E-state index contributed by atoms with van der Waals surface area (Å²) in [6, 6.07) is 9.14. The molecule has 2 heterocycles. The summed E-state index contributed by atoms with van der Waals surface area (Å²) in [6.45, 7) is 9.04. The number of thiophene rings is 2. The number of aryl methyl sites for hydroxylation is 2. The van der Waals surface area contributed by atoms with Crippen LogP contribution >= 0.6 is 22.7 Å². The minimum Gasteiger partial charge on any atom is -0.145 e. The Hall–Kier alpha value is -0.600. The second kappa shape index (κ2) is 6.03. The summed E-state index contributed by atoms with van der Waals surface area (Å²) in [4.78, 5) is 5.92. The molecule has 0 aromatic carbocycles. The van der Waals surface area contributed by atoms with Gasteiger partial charge in [0, 0.05) is 25.4 Å². The summed E-state index contributed by atoms with van der Waals surface area (Å²) in [6.07, 6.45) is 2.58. The highest BCUT2D eigenvalue weighted by atomic mass is 32.1. The van der Waals surface area contributed by atoms with Crippen molar-refractivity contribution in [3.05, 3.63) is 43.8 Å². The maximum atomic E-state index is 2.32. The third-order valence-electron chi connectivity index (χ3n) is 3.24. The smallest absolute Gasteiger partial charge is 0.0278 e. The topological polar surface area (TPSA) is 0 Å². The first-order valence-electron chi connectivity index (χ1n) is 6.69. The molecule has 0 amide bonds. The molecule has 18 heavy (non-hydrogen) atoms. The Kier molecular flexibility index (Phi) is 4.63. The van der Waals surface area contributed by atoms with E-state index in [1.54, 1.807) is 0 Å². The van der Waals surface area contributed by atoms with Crippen LogP contribution in [-0.4, -0.2) is 0 Å². The van der Waals surface area contributed by atoms with Crippen LogP contribution in [-0.2, 0) is 0 Å². The zero-order valence-electron chi connectivity index (χ0n) is 11.7. The quantitative estimate of drug-likeness (QED) is 0.629. The Balaban J connectivity index is 2.22. The van der Waals surface area contributed by atoms with E-state index in [1.807, 2.05) is 22.7 Å². The maximum absolute atomic E-state index is 2.32. The number of hydrogen-bond acceptors (Lipinski definition) is 2. The number of rotatable bonds is 5. The molecule has 0 aliphatic rings. The first-order chi connectivity index (χ1) is 8.56. The van der Waals surface area contributed by atoms with Crippen LogP contribution in [0.25, 0.3) is 0 Å². The first kappa shape index (κ1) is 13.8. The fraction of sp³-hybridized carbons (Fsp3) is 0.500. The third kappa shape index (κ3) is 3.46. The van der Waals surface area contributed by atoms with E-state index in [0.717, 1.165) is 5.92 Å². The lowest BCUT2D eigenvalue weighted by Crippen LogP contribution is -1.99. The van der Waals surface area contributed by atoms with E-state index in [2.05, 4.69) is 52.0 Å². The van der Waals surface area contributed by atoms with Crippen LogP contribution in [0.3, 0.4) is 0 Å². The van der Waals surface area contributed by atoms with Crippen LogP contribution in [0.5, 0.6) is 0 Å². The molecule has 0 aliphatic carbocycles. The van der Waals surface area contributed by atoms with Gasteiger partial charge in [-0.25, -0.2) is 0 Å². The zero-order chi connectivity index (χ0) is 13.1. The molecular weight excluding hydrogens is 256 g/mol. The van der Waals surface area contributed by atoms with Gasteiger partial charge in [-0.05, 0) is 50.5 Å². The van der Waals surface area contributed by atoms with Gasteiger partial charge in [-0.1, -0.05) is 20.3 Å². The summed E-state index contributed by atoms with van der Waals surface area (Å²) in [5.74, 6) is 1.40. The van der Waals surface area contributed by atoms with Gasteiger partial charge in [0.15, 0.2) is 0 Å². The van der Waals surface area contributed by atoms with Crippen molar-refractivity contribution in [2.75, 3.05) is 0 Å². The van der Waals surface area contributed by atoms with Crippen molar-refractivity contribution in [1.29, 1.82) is 0 Å². The molecule has 2 rings (SSSR count). The van der Waals surface area contributed by atoms with Gasteiger partial charge in [0.05, 0.1) is 0 Å². The Bertz CT molecular complexity index is 450. The van der Waals surface area contributed by atoms with E-state index < -0.39 is 0 Å². The first-order valence-corrected chi connectivity index (χ1v) is 8.32. The summed E-state index contributed by atoms with van der Waals surface area (Å²) >= 11 is 3.92. The lowest BCUT2D eigenvalue weighted by molar-refractivity contribution is 0.534. The highest BCUT2D eigenvalue weighted by Crippen LogP contribution is 2.37. The predicted octanol–water partition coefficient (Wildman–Crippen LogP) is 5.99. The van der Waals surface area contributed by atoms with Crippen LogP contribution in [0.4, 0.5) is 0 Å². The molecule has 0 atom stereocenters. The molecule has 0 radical (unpaired) electrons. The monoisotopic (exact) mass is 278 g/mol. The van der Waals surface area contributed by atoms with E-state index in [4.69, 9.17) is 0 Å². The van der Waals surface area contributed by atoms with E-state index in [-0.39, 0.29) is 0 Å². The highest BCUT2D eigenvalue weighted by Gasteiger charge is 2.18. The van der Waals surface area contributed by atoms with Gasteiger partial charge in [-0.3, -0.25) is 0 Å². The van der Waals surface area contributed by atoms with Gasteiger partial charge in [0.2, 0.25) is 0 Å². The second-order valence-electron chi connectivity index (χ2n) is 5.42. The average Bonchev–Trinajstić information content (AvgIpc) is 2.89. The standard InChI is InChI=1S/C16H22S2/c1-11(2)5-8-14(15-9-6-12(3)17-15)16-10-7-13(4)18-16/h6-7,9-11,14H,5,8H2,1-4H3. The van der Waals surface area contributed by atoms with Crippen molar-refractivity contribution in [3.63, 3.8) is 0 Å². The van der Waals surface area contributed by atoms with Crippen molar-refractivity contribution < 1.29 is 0 Å². The van der Waals surface area contributed by atoms with Crippen molar-refractivity contribution in [3.8, 4) is 0 Å². The lowest BCUT2D eigenvalue weighted by Gasteiger charge is -2.15. The summed E-state index contributed by atoms with van der Waals surface area (Å²) < 4.78 is 0. The fourth-order valence-corrected chi connectivity index (χ4v) is 4.34. The van der Waals surface area contributed by atoms with Crippen molar-refractivity contribution in [2.24, 2.45) is 5.92 Å². The molecule has 2 aromatic rings. The minimum absolute atomic E-state index is 0.616. The van der Waals surface area contributed by atoms with Crippen LogP contribution in [0.2, 0.25) is 0 Å². The fourth-order valence-electron chi connectivity index (χ4n) is 2.21. The van der Waals surface area contributed by atoms with E-state index in [1.165, 1.54) is 32.4 Å². The largest absolute Gasteiger partial charge is 0.145 e. The van der Waals surface area contributed by atoms with E-state index >= 15 is 0 Å². The molecule has 0 fully saturated rings. The molecule has 0 saturated carbocycles. The molecule has 98 valence electrons. The molecule has 0 saturated heterocycles. The Labute approximate surface area is 119 Å². The lowest BCUT2D eigenvalue weighted by atomic mass is 9.95. The van der Waals surface area contributed by atoms with Crippen LogP contribution in [0, 0.1) is 19.8 Å². The van der Waals surface area contributed by atoms with Gasteiger partial charge in [-0.15, -0.1) is 22.7 Å². The zero-order valence-corrected chi connectivity index (χ0v) is 13.3. The predicted molar refractivity (Wildman–Crippen MR) is 84.0 cm³/mol. The van der Waals surface area contributed by atoms with Crippen molar-refractivity contribution >= 4 is 22.7 Å². The van der Waals surface area contributed by atoms with E-state index in [9.17, 15) is 0 Å². The minimum atomic E-state index is 0.616. The molecular formula is C16H22S2. The van der Waals surface area contributed by atoms with Crippen LogP contribution in [0.1, 0.15) is 52.1 Å². The summed E-state index contributed by atoms with van der Waals surface area (Å²) in [5.41, 5.74) is 0. The molecule has 2 aromatic heterocycles. The third-order valence-corrected chi connectivity index (χ3v) is 5.47. The van der Waals surface area contributed by atoms with Gasteiger partial charge in [0.25, 0.3) is 0 Å². The Morgan fingerprint density at radius 2 is 1.33 bits per heavy atom. The molecule has 0 bridgehead atoms. The average molecular weight is 278 g/mol. The van der Waals surface area contributed by atoms with Crippen molar-refractivity contribution in [2.45, 2.75) is 46.5 Å². The van der Waals surface area contributed by atoms with E-state index in [0.29, 0.717) is 5.92 Å². The molecule has 0 aliphatic heterocycles. The molecule has 2 heteroatoms. The summed E-state index contributed by atoms with van der Waals surface area (Å²) in [7, 11) is 0. The van der Waals surface area contributed by atoms with Gasteiger partial charge < -0.3 is 0 Å². The van der Waals surface area contributed by atoms with Gasteiger partial charge >= 0.3 is 0 Å². The Morgan fingerprint density at radius 1 is 0.833 bits per heavy atom. The van der Waals surface area contributed by atoms with Gasteiger partial charge in [-0.2, -0.15) is 0 Å². The molecule has 0 unspecified atom stereocenters. The molecule has 0 spiro atoms. The SMILES string of the molecule is Cc1ccc(C(CCC(C)C)c2ccc(C)s2)s1. The molecule has 0 nitrogen and oxygen atoms in total. The van der Waals surface area contributed by atoms with Gasteiger partial charge in [0.1, 0.15) is 0 Å². The van der Waals surface area contributed by atoms with Crippen molar-refractivity contribution in [1.82, 2.24) is 0 Å². The summed E-state index contributed by atoms with van der Waals surface area (Å²) in [5, 5.41) is 0.